The lowest BCUT2D eigenvalue weighted by Crippen LogP contribution is -2.40. The molecule has 0 aliphatic rings. The van der Waals surface area contributed by atoms with E-state index in [1.165, 1.54) is 0 Å². The summed E-state index contributed by atoms with van der Waals surface area (Å²) in [5, 5.41) is 1.98. The fourth-order valence-electron chi connectivity index (χ4n) is 0.951. The lowest BCUT2D eigenvalue weighted by Gasteiger charge is -2.19. The van der Waals surface area contributed by atoms with Crippen molar-refractivity contribution in [2.75, 3.05) is 0 Å². The summed E-state index contributed by atoms with van der Waals surface area (Å²) in [7, 11) is 0. The average molecular weight is 307 g/mol. The zero-order chi connectivity index (χ0) is 12.2. The lowest BCUT2D eigenvalue weighted by molar-refractivity contribution is 0.0497. The average Bonchev–Trinajstić information content (AvgIpc) is 2.48. The van der Waals surface area contributed by atoms with E-state index in [0.717, 1.165) is 9.35 Å². The highest BCUT2D eigenvalue weighted by Crippen LogP contribution is 2.21. The Morgan fingerprint density at radius 3 is 2.75 bits per heavy atom. The molecule has 1 heterocycles. The number of halogens is 1. The summed E-state index contributed by atoms with van der Waals surface area (Å²) in [4.78, 5) is 12.4. The Labute approximate surface area is 107 Å². The van der Waals surface area contributed by atoms with Crippen molar-refractivity contribution in [2.45, 2.75) is 32.9 Å². The van der Waals surface area contributed by atoms with Gasteiger partial charge in [-0.25, -0.2) is 10.2 Å². The number of hydrogen-bond donors (Lipinski definition) is 2. The van der Waals surface area contributed by atoms with Crippen molar-refractivity contribution >= 4 is 33.4 Å². The molecule has 6 heteroatoms. The highest BCUT2D eigenvalue weighted by atomic mass is 79.9. The summed E-state index contributed by atoms with van der Waals surface area (Å²) in [5.74, 6) is 0. The van der Waals surface area contributed by atoms with Crippen LogP contribution in [0.2, 0.25) is 0 Å². The molecule has 16 heavy (non-hydrogen) atoms. The maximum absolute atomic E-state index is 11.3. The first-order chi connectivity index (χ1) is 7.38. The second-order valence-electron chi connectivity index (χ2n) is 4.17. The van der Waals surface area contributed by atoms with Crippen molar-refractivity contribution in [1.82, 2.24) is 10.9 Å². The van der Waals surface area contributed by atoms with Gasteiger partial charge in [0.1, 0.15) is 5.60 Å². The van der Waals surface area contributed by atoms with E-state index in [-0.39, 0.29) is 0 Å². The van der Waals surface area contributed by atoms with Gasteiger partial charge in [-0.15, -0.1) is 11.3 Å². The molecule has 0 saturated carbocycles. The Morgan fingerprint density at radius 1 is 1.56 bits per heavy atom. The molecule has 0 aliphatic carbocycles. The van der Waals surface area contributed by atoms with Crippen molar-refractivity contribution in [3.63, 3.8) is 0 Å². The first-order valence-electron chi connectivity index (χ1n) is 4.82. The quantitative estimate of drug-likeness (QED) is 0.844. The van der Waals surface area contributed by atoms with Crippen molar-refractivity contribution in [3.8, 4) is 0 Å². The number of hydrogen-bond acceptors (Lipinski definition) is 4. The van der Waals surface area contributed by atoms with Crippen LogP contribution < -0.4 is 10.9 Å². The number of ether oxygens (including phenoxy) is 1. The molecule has 1 amide bonds. The summed E-state index contributed by atoms with van der Waals surface area (Å²) in [6, 6.07) is 1.97. The van der Waals surface area contributed by atoms with Gasteiger partial charge in [0.25, 0.3) is 0 Å². The highest BCUT2D eigenvalue weighted by Gasteiger charge is 2.15. The van der Waals surface area contributed by atoms with E-state index < -0.39 is 11.7 Å². The van der Waals surface area contributed by atoms with Gasteiger partial charge in [0, 0.05) is 9.35 Å². The predicted molar refractivity (Wildman–Crippen MR) is 68.2 cm³/mol. The Hall–Kier alpha value is -0.590. The van der Waals surface area contributed by atoms with E-state index in [1.54, 1.807) is 11.3 Å². The van der Waals surface area contributed by atoms with Gasteiger partial charge in [0.15, 0.2) is 0 Å². The van der Waals surface area contributed by atoms with Crippen molar-refractivity contribution in [1.29, 1.82) is 0 Å². The van der Waals surface area contributed by atoms with Gasteiger partial charge in [0.05, 0.1) is 6.54 Å². The summed E-state index contributed by atoms with van der Waals surface area (Å²) >= 11 is 5.02. The predicted octanol–water partition coefficient (Wildman–Crippen LogP) is 3.04. The topological polar surface area (TPSA) is 50.4 Å². The molecule has 90 valence electrons. The van der Waals surface area contributed by atoms with Gasteiger partial charge in [-0.05, 0) is 48.1 Å². The molecular weight excluding hydrogens is 292 g/mol. The van der Waals surface area contributed by atoms with E-state index in [9.17, 15) is 4.79 Å². The van der Waals surface area contributed by atoms with Crippen molar-refractivity contribution < 1.29 is 9.53 Å². The third kappa shape index (κ3) is 4.96. The largest absolute Gasteiger partial charge is 0.443 e. The van der Waals surface area contributed by atoms with E-state index in [2.05, 4.69) is 26.8 Å². The summed E-state index contributed by atoms with van der Waals surface area (Å²) < 4.78 is 6.10. The van der Waals surface area contributed by atoms with E-state index in [0.29, 0.717) is 6.54 Å². The minimum atomic E-state index is -0.477. The number of nitrogens with one attached hydrogen (secondary N) is 2. The molecule has 0 bridgehead atoms. The maximum Gasteiger partial charge on any atom is 0.422 e. The smallest absolute Gasteiger partial charge is 0.422 e. The summed E-state index contributed by atoms with van der Waals surface area (Å²) in [5.41, 5.74) is 4.81. The summed E-state index contributed by atoms with van der Waals surface area (Å²) in [6.45, 7) is 6.03. The van der Waals surface area contributed by atoms with Crippen molar-refractivity contribution in [2.24, 2.45) is 0 Å². The minimum Gasteiger partial charge on any atom is -0.443 e. The fourth-order valence-corrected chi connectivity index (χ4v) is 2.38. The number of thiophene rings is 1. The Bertz CT molecular complexity index is 360. The number of rotatable bonds is 3. The zero-order valence-corrected chi connectivity index (χ0v) is 11.9. The summed E-state index contributed by atoms with van der Waals surface area (Å²) in [6.07, 6.45) is -0.472. The molecule has 1 rings (SSSR count). The number of amides is 1. The van der Waals surface area contributed by atoms with Crippen LogP contribution in [0.25, 0.3) is 0 Å². The molecule has 4 nitrogen and oxygen atoms in total. The molecule has 0 spiro atoms. The lowest BCUT2D eigenvalue weighted by atomic mass is 10.2. The number of hydrazine groups is 1. The molecule has 0 aromatic carbocycles. The van der Waals surface area contributed by atoms with Crippen LogP contribution in [0.15, 0.2) is 15.9 Å². The molecule has 1 aromatic rings. The van der Waals surface area contributed by atoms with Crippen LogP contribution in [0.1, 0.15) is 25.6 Å². The van der Waals surface area contributed by atoms with Crippen LogP contribution in [-0.4, -0.2) is 11.7 Å². The monoisotopic (exact) mass is 306 g/mol. The molecule has 2 N–H and O–H groups in total. The normalized spacial score (nSPS) is 11.2. The number of carbonyl (C=O) groups is 1. The Morgan fingerprint density at radius 2 is 2.25 bits per heavy atom. The third-order valence-electron chi connectivity index (χ3n) is 1.53. The van der Waals surface area contributed by atoms with Gasteiger partial charge in [-0.3, -0.25) is 5.43 Å². The van der Waals surface area contributed by atoms with Crippen LogP contribution in [0.3, 0.4) is 0 Å². The van der Waals surface area contributed by atoms with E-state index >= 15 is 0 Å². The molecule has 0 radical (unpaired) electrons. The zero-order valence-electron chi connectivity index (χ0n) is 9.46. The minimum absolute atomic E-state index is 0.472. The molecule has 0 aliphatic heterocycles. The number of carbonyl (C=O) groups excluding carboxylic acids is 1. The molecule has 0 fully saturated rings. The Balaban J connectivity index is 2.26. The van der Waals surface area contributed by atoms with Gasteiger partial charge in [0.2, 0.25) is 0 Å². The standard InChI is InChI=1S/C10H15BrN2O2S/c1-10(2,3)15-9(14)13-12-6-8-7(11)4-5-16-8/h4-5,12H,6H2,1-3H3,(H,13,14). The second-order valence-corrected chi connectivity index (χ2v) is 6.03. The molecule has 0 atom stereocenters. The molecule has 1 aromatic heterocycles. The highest BCUT2D eigenvalue weighted by molar-refractivity contribution is 9.10. The molecular formula is C10H15BrN2O2S. The van der Waals surface area contributed by atoms with Crippen LogP contribution >= 0.6 is 27.3 Å². The van der Waals surface area contributed by atoms with Gasteiger partial charge < -0.3 is 4.74 Å². The first-order valence-corrected chi connectivity index (χ1v) is 6.49. The van der Waals surface area contributed by atoms with E-state index in [4.69, 9.17) is 4.74 Å². The van der Waals surface area contributed by atoms with Crippen LogP contribution in [0, 0.1) is 0 Å². The van der Waals surface area contributed by atoms with Crippen LogP contribution in [-0.2, 0) is 11.3 Å². The molecule has 0 unspecified atom stereocenters. The Kier molecular flexibility index (Phi) is 4.76. The third-order valence-corrected chi connectivity index (χ3v) is 3.46. The first kappa shape index (κ1) is 13.5. The van der Waals surface area contributed by atoms with Crippen LogP contribution in [0.4, 0.5) is 4.79 Å². The maximum atomic E-state index is 11.3. The van der Waals surface area contributed by atoms with Gasteiger partial charge >= 0.3 is 6.09 Å². The van der Waals surface area contributed by atoms with Gasteiger partial charge in [-0.1, -0.05) is 0 Å². The second kappa shape index (κ2) is 5.65. The molecule has 0 saturated heterocycles. The SMILES string of the molecule is CC(C)(C)OC(=O)NNCc1sccc1Br. The van der Waals surface area contributed by atoms with E-state index in [1.807, 2.05) is 32.2 Å². The van der Waals surface area contributed by atoms with Gasteiger partial charge in [-0.2, -0.15) is 0 Å². The fraction of sp³-hybridized carbons (Fsp3) is 0.500. The van der Waals surface area contributed by atoms with Crippen molar-refractivity contribution in [3.05, 3.63) is 20.8 Å². The van der Waals surface area contributed by atoms with Crippen LogP contribution in [0.5, 0.6) is 0 Å².